The molecule has 0 spiro atoms. The van der Waals surface area contributed by atoms with Gasteiger partial charge in [-0.25, -0.2) is 4.39 Å². The summed E-state index contributed by atoms with van der Waals surface area (Å²) in [5.41, 5.74) is 0.978. The number of hydrogen-bond acceptors (Lipinski definition) is 3. The van der Waals surface area contributed by atoms with Gasteiger partial charge in [-0.1, -0.05) is 11.6 Å². The first-order chi connectivity index (χ1) is 12.0. The Hall–Kier alpha value is -2.44. The zero-order valence-electron chi connectivity index (χ0n) is 13.2. The molecule has 2 amide bonds. The van der Waals surface area contributed by atoms with Crippen molar-refractivity contribution in [2.24, 2.45) is 0 Å². The van der Waals surface area contributed by atoms with Gasteiger partial charge in [0.15, 0.2) is 0 Å². The zero-order chi connectivity index (χ0) is 17.8. The van der Waals surface area contributed by atoms with Crippen LogP contribution in [-0.2, 0) is 9.53 Å². The maximum atomic E-state index is 13.8. The number of hydrogen-bond donors (Lipinski definition) is 2. The third-order valence-electron chi connectivity index (χ3n) is 3.81. The predicted molar refractivity (Wildman–Crippen MR) is 93.4 cm³/mol. The molecule has 0 aliphatic carbocycles. The summed E-state index contributed by atoms with van der Waals surface area (Å²) in [4.78, 5) is 24.1. The Morgan fingerprint density at radius 3 is 2.36 bits per heavy atom. The maximum Gasteiger partial charge on any atom is 0.258 e. The molecule has 1 aliphatic rings. The average molecular weight is 363 g/mol. The van der Waals surface area contributed by atoms with Crippen LogP contribution in [0.4, 0.5) is 15.8 Å². The van der Waals surface area contributed by atoms with Crippen molar-refractivity contribution in [3.63, 3.8) is 0 Å². The number of rotatable bonds is 4. The van der Waals surface area contributed by atoms with Crippen LogP contribution >= 0.6 is 11.6 Å². The highest BCUT2D eigenvalue weighted by atomic mass is 35.5. The summed E-state index contributed by atoms with van der Waals surface area (Å²) in [5.74, 6) is -1.45. The van der Waals surface area contributed by atoms with Gasteiger partial charge in [0.25, 0.3) is 11.8 Å². The highest BCUT2D eigenvalue weighted by Gasteiger charge is 2.23. The minimum Gasteiger partial charge on any atom is -0.368 e. The highest BCUT2D eigenvalue weighted by molar-refractivity contribution is 6.30. The molecule has 0 bridgehead atoms. The average Bonchev–Trinajstić information content (AvgIpc) is 3.11. The summed E-state index contributed by atoms with van der Waals surface area (Å²) < 4.78 is 19.1. The van der Waals surface area contributed by atoms with E-state index >= 15 is 0 Å². The van der Waals surface area contributed by atoms with E-state index in [9.17, 15) is 14.0 Å². The van der Waals surface area contributed by atoms with E-state index in [1.165, 1.54) is 12.1 Å². The van der Waals surface area contributed by atoms with E-state index in [0.29, 0.717) is 24.4 Å². The molecule has 1 saturated heterocycles. The number of nitrogens with one attached hydrogen (secondary N) is 2. The number of anilines is 2. The van der Waals surface area contributed by atoms with Gasteiger partial charge in [-0.2, -0.15) is 0 Å². The Bertz CT molecular complexity index is 789. The lowest BCUT2D eigenvalue weighted by molar-refractivity contribution is -0.124. The summed E-state index contributed by atoms with van der Waals surface area (Å²) in [6.45, 7) is 0.602. The van der Waals surface area contributed by atoms with E-state index in [1.807, 2.05) is 0 Å². The van der Waals surface area contributed by atoms with Gasteiger partial charge in [0.1, 0.15) is 11.9 Å². The molecule has 1 aliphatic heterocycles. The normalized spacial score (nSPS) is 16.5. The molecular formula is C18H16ClFN2O3. The predicted octanol–water partition coefficient (Wildman–Crippen LogP) is 3.85. The Kier molecular flexibility index (Phi) is 5.31. The molecule has 1 atom stereocenters. The second kappa shape index (κ2) is 7.63. The van der Waals surface area contributed by atoms with Gasteiger partial charge in [-0.3, -0.25) is 9.59 Å². The molecular weight excluding hydrogens is 347 g/mol. The van der Waals surface area contributed by atoms with E-state index in [-0.39, 0.29) is 16.5 Å². The fourth-order valence-corrected chi connectivity index (χ4v) is 2.67. The molecule has 130 valence electrons. The summed E-state index contributed by atoms with van der Waals surface area (Å²) in [6, 6.07) is 10.4. The Morgan fingerprint density at radius 2 is 1.76 bits per heavy atom. The van der Waals surface area contributed by atoms with Crippen LogP contribution in [0.1, 0.15) is 23.2 Å². The molecule has 0 aromatic heterocycles. The molecule has 5 nitrogen and oxygen atoms in total. The maximum absolute atomic E-state index is 13.8. The van der Waals surface area contributed by atoms with Crippen molar-refractivity contribution in [1.82, 2.24) is 0 Å². The van der Waals surface area contributed by atoms with Crippen molar-refractivity contribution in [3.8, 4) is 0 Å². The fourth-order valence-electron chi connectivity index (χ4n) is 2.52. The van der Waals surface area contributed by atoms with Gasteiger partial charge in [0.05, 0.1) is 5.56 Å². The molecule has 3 rings (SSSR count). The molecule has 25 heavy (non-hydrogen) atoms. The SMILES string of the molecule is O=C(Nc1ccc(NC(=O)[C@H]2CCCO2)cc1)c1ccc(Cl)cc1F. The lowest BCUT2D eigenvalue weighted by atomic mass is 10.2. The van der Waals surface area contributed by atoms with Gasteiger partial charge < -0.3 is 15.4 Å². The number of carbonyl (C=O) groups is 2. The van der Waals surface area contributed by atoms with Gasteiger partial charge in [-0.15, -0.1) is 0 Å². The topological polar surface area (TPSA) is 67.4 Å². The molecule has 0 radical (unpaired) electrons. The summed E-state index contributed by atoms with van der Waals surface area (Å²) in [5, 5.41) is 5.58. The number of amides is 2. The molecule has 0 unspecified atom stereocenters. The molecule has 1 heterocycles. The molecule has 2 aromatic carbocycles. The minimum absolute atomic E-state index is 0.0971. The second-order valence-electron chi connectivity index (χ2n) is 5.65. The first-order valence-electron chi connectivity index (χ1n) is 7.82. The third kappa shape index (κ3) is 4.35. The monoisotopic (exact) mass is 362 g/mol. The molecule has 7 heteroatoms. The molecule has 0 saturated carbocycles. The summed E-state index contributed by atoms with van der Waals surface area (Å²) in [6.07, 6.45) is 1.18. The van der Waals surface area contributed by atoms with Gasteiger partial charge in [-0.05, 0) is 55.3 Å². The molecule has 1 fully saturated rings. The first kappa shape index (κ1) is 17.4. The first-order valence-corrected chi connectivity index (χ1v) is 8.19. The lowest BCUT2D eigenvalue weighted by Crippen LogP contribution is -2.26. The van der Waals surface area contributed by atoms with Crippen LogP contribution in [0.15, 0.2) is 42.5 Å². The van der Waals surface area contributed by atoms with Crippen molar-refractivity contribution in [2.75, 3.05) is 17.2 Å². The second-order valence-corrected chi connectivity index (χ2v) is 6.08. The van der Waals surface area contributed by atoms with Crippen LogP contribution in [0.3, 0.4) is 0 Å². The fraction of sp³-hybridized carbons (Fsp3) is 0.222. The lowest BCUT2D eigenvalue weighted by Gasteiger charge is -2.11. The van der Waals surface area contributed by atoms with Crippen molar-refractivity contribution < 1.29 is 18.7 Å². The van der Waals surface area contributed by atoms with E-state index in [2.05, 4.69) is 10.6 Å². The Balaban J connectivity index is 1.62. The van der Waals surface area contributed by atoms with Crippen LogP contribution in [0.25, 0.3) is 0 Å². The smallest absolute Gasteiger partial charge is 0.258 e. The Morgan fingerprint density at radius 1 is 1.08 bits per heavy atom. The van der Waals surface area contributed by atoms with E-state index in [4.69, 9.17) is 16.3 Å². The van der Waals surface area contributed by atoms with E-state index in [0.717, 1.165) is 12.5 Å². The Labute approximate surface area is 149 Å². The van der Waals surface area contributed by atoms with Gasteiger partial charge >= 0.3 is 0 Å². The number of halogens is 2. The number of ether oxygens (including phenoxy) is 1. The molecule has 2 aromatic rings. The van der Waals surface area contributed by atoms with Crippen molar-refractivity contribution in [1.29, 1.82) is 0 Å². The van der Waals surface area contributed by atoms with Crippen LogP contribution in [0, 0.1) is 5.82 Å². The van der Waals surface area contributed by atoms with Gasteiger partial charge in [0, 0.05) is 23.0 Å². The van der Waals surface area contributed by atoms with Crippen LogP contribution in [-0.4, -0.2) is 24.5 Å². The zero-order valence-corrected chi connectivity index (χ0v) is 14.0. The summed E-state index contributed by atoms with van der Waals surface area (Å²) >= 11 is 5.67. The third-order valence-corrected chi connectivity index (χ3v) is 4.04. The standard InChI is InChI=1S/C18H16ClFN2O3/c19-11-3-8-14(15(20)10-11)17(23)21-12-4-6-13(7-5-12)22-18(24)16-2-1-9-25-16/h3-8,10,16H,1-2,9H2,(H,21,23)(H,22,24)/t16-/m1/s1. The number of carbonyl (C=O) groups excluding carboxylic acids is 2. The van der Waals surface area contributed by atoms with Crippen LogP contribution in [0.2, 0.25) is 5.02 Å². The van der Waals surface area contributed by atoms with Crippen molar-refractivity contribution >= 4 is 34.8 Å². The van der Waals surface area contributed by atoms with Crippen molar-refractivity contribution in [3.05, 3.63) is 58.9 Å². The van der Waals surface area contributed by atoms with Gasteiger partial charge in [0.2, 0.25) is 0 Å². The van der Waals surface area contributed by atoms with Crippen molar-refractivity contribution in [2.45, 2.75) is 18.9 Å². The van der Waals surface area contributed by atoms with E-state index in [1.54, 1.807) is 24.3 Å². The van der Waals surface area contributed by atoms with Crippen LogP contribution in [0.5, 0.6) is 0 Å². The minimum atomic E-state index is -0.689. The van der Waals surface area contributed by atoms with Crippen LogP contribution < -0.4 is 10.6 Å². The van der Waals surface area contributed by atoms with E-state index < -0.39 is 17.8 Å². The summed E-state index contributed by atoms with van der Waals surface area (Å²) in [7, 11) is 0. The quantitative estimate of drug-likeness (QED) is 0.868. The largest absolute Gasteiger partial charge is 0.368 e. The number of benzene rings is 2. The highest BCUT2D eigenvalue weighted by Crippen LogP contribution is 2.19. The molecule has 2 N–H and O–H groups in total.